The molecule has 0 aliphatic carbocycles. The van der Waals surface area contributed by atoms with Crippen molar-refractivity contribution in [2.24, 2.45) is 5.92 Å². The number of Topliss-reactive ketones (excluding diaryl/α,β-unsaturated/α-hetero) is 1. The van der Waals surface area contributed by atoms with Crippen LogP contribution in [0.4, 0.5) is 0 Å². The number of carbonyl (C=O) groups excluding carboxylic acids is 1. The molecule has 0 spiro atoms. The maximum Gasteiger partial charge on any atom is 0.231 e. The molecule has 1 aliphatic heterocycles. The molecule has 0 radical (unpaired) electrons. The van der Waals surface area contributed by atoms with Gasteiger partial charge in [0.2, 0.25) is 6.79 Å². The molecule has 2 rings (SSSR count). The highest BCUT2D eigenvalue weighted by molar-refractivity contribution is 5.97. The number of carbonyl (C=O) groups is 1. The Morgan fingerprint density at radius 3 is 2.72 bits per heavy atom. The number of hydrogen-bond donors (Lipinski definition) is 0. The molecular weight excluding hydrogens is 232 g/mol. The van der Waals surface area contributed by atoms with Crippen LogP contribution >= 0.6 is 0 Å². The summed E-state index contributed by atoms with van der Waals surface area (Å²) in [4.78, 5) is 12.0. The van der Waals surface area contributed by atoms with Gasteiger partial charge < -0.3 is 14.2 Å². The summed E-state index contributed by atoms with van der Waals surface area (Å²) in [5.41, 5.74) is 0.593. The van der Waals surface area contributed by atoms with E-state index < -0.39 is 0 Å². The lowest BCUT2D eigenvalue weighted by Gasteiger charge is -2.15. The molecule has 4 nitrogen and oxygen atoms in total. The van der Waals surface area contributed by atoms with Gasteiger partial charge in [0.25, 0.3) is 0 Å². The number of benzene rings is 1. The van der Waals surface area contributed by atoms with Crippen molar-refractivity contribution in [3.63, 3.8) is 0 Å². The molecule has 0 fully saturated rings. The fourth-order valence-electron chi connectivity index (χ4n) is 1.55. The van der Waals surface area contributed by atoms with Crippen molar-refractivity contribution in [1.29, 1.82) is 0 Å². The lowest BCUT2D eigenvalue weighted by Crippen LogP contribution is -2.20. The average Bonchev–Trinajstić information content (AvgIpc) is 2.82. The zero-order valence-corrected chi connectivity index (χ0v) is 10.9. The van der Waals surface area contributed by atoms with Crippen LogP contribution in [0.2, 0.25) is 0 Å². The van der Waals surface area contributed by atoms with Crippen molar-refractivity contribution >= 4 is 5.78 Å². The maximum atomic E-state index is 12.0. The fraction of sp³-hybridized carbons (Fsp3) is 0.500. The Morgan fingerprint density at radius 1 is 1.28 bits per heavy atom. The van der Waals surface area contributed by atoms with Crippen LogP contribution in [0.15, 0.2) is 18.2 Å². The number of ether oxygens (including phenoxy) is 3. The Balaban J connectivity index is 1.97. The summed E-state index contributed by atoms with van der Waals surface area (Å²) in [7, 11) is 0. The van der Waals surface area contributed by atoms with Crippen molar-refractivity contribution in [2.45, 2.75) is 26.9 Å². The largest absolute Gasteiger partial charge is 0.454 e. The SMILES string of the molecule is CC(C)C(C)OCC(=O)c1ccc2c(c1)OCO2. The summed E-state index contributed by atoms with van der Waals surface area (Å²) >= 11 is 0. The molecule has 1 heterocycles. The first-order chi connectivity index (χ1) is 8.58. The molecule has 1 atom stereocenters. The molecule has 0 bridgehead atoms. The van der Waals surface area contributed by atoms with Gasteiger partial charge in [0.05, 0.1) is 6.10 Å². The van der Waals surface area contributed by atoms with Gasteiger partial charge in [0.1, 0.15) is 6.61 Å². The second-order valence-electron chi connectivity index (χ2n) is 4.75. The Kier molecular flexibility index (Phi) is 3.87. The van der Waals surface area contributed by atoms with E-state index in [9.17, 15) is 4.79 Å². The minimum atomic E-state index is -0.0409. The van der Waals surface area contributed by atoms with Gasteiger partial charge in [-0.15, -0.1) is 0 Å². The van der Waals surface area contributed by atoms with Crippen LogP contribution in [0.25, 0.3) is 0 Å². The van der Waals surface area contributed by atoms with E-state index in [1.807, 2.05) is 6.92 Å². The molecule has 0 saturated heterocycles. The van der Waals surface area contributed by atoms with Crippen LogP contribution < -0.4 is 9.47 Å². The van der Waals surface area contributed by atoms with Gasteiger partial charge in [-0.2, -0.15) is 0 Å². The van der Waals surface area contributed by atoms with Crippen molar-refractivity contribution < 1.29 is 19.0 Å². The van der Waals surface area contributed by atoms with E-state index in [0.29, 0.717) is 23.0 Å². The summed E-state index contributed by atoms with van der Waals surface area (Å²) in [6.45, 7) is 6.41. The number of hydrogen-bond acceptors (Lipinski definition) is 4. The Bertz CT molecular complexity index is 439. The third kappa shape index (κ3) is 2.82. The van der Waals surface area contributed by atoms with Crippen LogP contribution in [0, 0.1) is 5.92 Å². The standard InChI is InChI=1S/C14H18O4/c1-9(2)10(3)16-7-12(15)11-4-5-13-14(6-11)18-8-17-13/h4-6,9-10H,7-8H2,1-3H3. The van der Waals surface area contributed by atoms with Crippen LogP contribution in [-0.2, 0) is 4.74 Å². The zero-order chi connectivity index (χ0) is 13.1. The van der Waals surface area contributed by atoms with E-state index in [2.05, 4.69) is 13.8 Å². The Labute approximate surface area is 107 Å². The summed E-state index contributed by atoms with van der Waals surface area (Å²) in [6, 6.07) is 5.19. The van der Waals surface area contributed by atoms with Gasteiger partial charge in [-0.05, 0) is 31.0 Å². The predicted molar refractivity (Wildman–Crippen MR) is 67.1 cm³/mol. The van der Waals surface area contributed by atoms with Crippen LogP contribution in [0.3, 0.4) is 0 Å². The lowest BCUT2D eigenvalue weighted by atomic mass is 10.1. The van der Waals surface area contributed by atoms with E-state index in [-0.39, 0.29) is 25.3 Å². The first kappa shape index (κ1) is 12.9. The molecule has 18 heavy (non-hydrogen) atoms. The third-order valence-electron chi connectivity index (χ3n) is 3.11. The van der Waals surface area contributed by atoms with E-state index >= 15 is 0 Å². The Hall–Kier alpha value is -1.55. The van der Waals surface area contributed by atoms with Crippen molar-refractivity contribution in [1.82, 2.24) is 0 Å². The second-order valence-corrected chi connectivity index (χ2v) is 4.75. The lowest BCUT2D eigenvalue weighted by molar-refractivity contribution is 0.0336. The molecule has 1 aromatic carbocycles. The van der Waals surface area contributed by atoms with Crippen LogP contribution in [-0.4, -0.2) is 25.3 Å². The van der Waals surface area contributed by atoms with E-state index in [4.69, 9.17) is 14.2 Å². The molecule has 1 aliphatic rings. The molecule has 4 heteroatoms. The Morgan fingerprint density at radius 2 is 2.00 bits per heavy atom. The molecule has 0 saturated carbocycles. The van der Waals surface area contributed by atoms with Crippen LogP contribution in [0.5, 0.6) is 11.5 Å². The summed E-state index contributed by atoms with van der Waals surface area (Å²) < 4.78 is 16.0. The summed E-state index contributed by atoms with van der Waals surface area (Å²) in [6.07, 6.45) is 0.0722. The van der Waals surface area contributed by atoms with E-state index in [1.54, 1.807) is 18.2 Å². The predicted octanol–water partition coefficient (Wildman–Crippen LogP) is 2.66. The monoisotopic (exact) mass is 250 g/mol. The van der Waals surface area contributed by atoms with E-state index in [1.165, 1.54) is 0 Å². The molecule has 0 amide bonds. The van der Waals surface area contributed by atoms with Gasteiger partial charge in [0.15, 0.2) is 17.3 Å². The van der Waals surface area contributed by atoms with Crippen LogP contribution in [0.1, 0.15) is 31.1 Å². The van der Waals surface area contributed by atoms with Gasteiger partial charge in [-0.3, -0.25) is 4.79 Å². The first-order valence-electron chi connectivity index (χ1n) is 6.12. The average molecular weight is 250 g/mol. The smallest absolute Gasteiger partial charge is 0.231 e. The maximum absolute atomic E-state index is 12.0. The minimum absolute atomic E-state index is 0.0409. The minimum Gasteiger partial charge on any atom is -0.454 e. The van der Waals surface area contributed by atoms with Gasteiger partial charge >= 0.3 is 0 Å². The molecule has 1 aromatic rings. The summed E-state index contributed by atoms with van der Waals surface area (Å²) in [5.74, 6) is 1.66. The topological polar surface area (TPSA) is 44.8 Å². The number of ketones is 1. The number of rotatable bonds is 5. The van der Waals surface area contributed by atoms with Crippen molar-refractivity contribution in [3.8, 4) is 11.5 Å². The fourth-order valence-corrected chi connectivity index (χ4v) is 1.55. The molecular formula is C14H18O4. The van der Waals surface area contributed by atoms with Crippen molar-refractivity contribution in [3.05, 3.63) is 23.8 Å². The van der Waals surface area contributed by atoms with Crippen molar-refractivity contribution in [2.75, 3.05) is 13.4 Å². The molecule has 1 unspecified atom stereocenters. The second kappa shape index (κ2) is 5.40. The molecule has 0 N–H and O–H groups in total. The number of fused-ring (bicyclic) bond motifs is 1. The highest BCUT2D eigenvalue weighted by Gasteiger charge is 2.17. The molecule has 0 aromatic heterocycles. The quantitative estimate of drug-likeness (QED) is 0.754. The summed E-state index contributed by atoms with van der Waals surface area (Å²) in [5, 5.41) is 0. The normalized spacial score (nSPS) is 14.9. The highest BCUT2D eigenvalue weighted by atomic mass is 16.7. The zero-order valence-electron chi connectivity index (χ0n) is 10.9. The van der Waals surface area contributed by atoms with Gasteiger partial charge in [-0.1, -0.05) is 13.8 Å². The first-order valence-corrected chi connectivity index (χ1v) is 6.12. The molecule has 98 valence electrons. The highest BCUT2D eigenvalue weighted by Crippen LogP contribution is 2.32. The van der Waals surface area contributed by atoms with Gasteiger partial charge in [-0.25, -0.2) is 0 Å². The third-order valence-corrected chi connectivity index (χ3v) is 3.11. The van der Waals surface area contributed by atoms with E-state index in [0.717, 1.165) is 0 Å². The van der Waals surface area contributed by atoms with Gasteiger partial charge in [0, 0.05) is 5.56 Å².